The summed E-state index contributed by atoms with van der Waals surface area (Å²) in [5.74, 6) is 0.474. The van der Waals surface area contributed by atoms with Crippen LogP contribution in [0.15, 0.2) is 30.5 Å². The third-order valence-electron chi connectivity index (χ3n) is 2.81. The van der Waals surface area contributed by atoms with E-state index in [1.807, 2.05) is 6.92 Å². The highest BCUT2D eigenvalue weighted by atomic mass is 16.3. The molecule has 0 aliphatic heterocycles. The molecule has 0 aliphatic carbocycles. The van der Waals surface area contributed by atoms with Crippen LogP contribution in [0.4, 0.5) is 5.82 Å². The van der Waals surface area contributed by atoms with E-state index < -0.39 is 6.04 Å². The second-order valence-electron chi connectivity index (χ2n) is 4.39. The number of benzene rings is 1. The average molecular weight is 260 g/mol. The van der Waals surface area contributed by atoms with Gasteiger partial charge in [-0.2, -0.15) is 5.10 Å². The maximum absolute atomic E-state index is 11.9. The first-order valence-corrected chi connectivity index (χ1v) is 5.90. The molecule has 19 heavy (non-hydrogen) atoms. The van der Waals surface area contributed by atoms with Crippen LogP contribution >= 0.6 is 0 Å². The molecule has 0 radical (unpaired) electrons. The standard InChI is InChI=1S/C13H16N4O2/c1-8-7-15-17-12(8)16-13(19)11(14)6-9-2-4-10(18)5-3-9/h2-5,7,11,18H,6,14H2,1H3,(H2,15,16,17,19)/t11-/m0/s1. The van der Waals surface area contributed by atoms with Crippen LogP contribution in [0.2, 0.25) is 0 Å². The van der Waals surface area contributed by atoms with Crippen LogP contribution in [0.5, 0.6) is 5.75 Å². The summed E-state index contributed by atoms with van der Waals surface area (Å²) < 4.78 is 0. The molecule has 1 aromatic heterocycles. The van der Waals surface area contributed by atoms with Crippen molar-refractivity contribution >= 4 is 11.7 Å². The number of nitrogens with zero attached hydrogens (tertiary/aromatic N) is 1. The molecular weight excluding hydrogens is 244 g/mol. The average Bonchev–Trinajstić information content (AvgIpc) is 2.78. The number of aryl methyl sites for hydroxylation is 1. The van der Waals surface area contributed by atoms with Gasteiger partial charge in [0.2, 0.25) is 5.91 Å². The molecule has 6 nitrogen and oxygen atoms in total. The van der Waals surface area contributed by atoms with Gasteiger partial charge in [0.05, 0.1) is 12.2 Å². The molecular formula is C13H16N4O2. The maximum Gasteiger partial charge on any atom is 0.242 e. The number of phenolic OH excluding ortho intramolecular Hbond substituents is 1. The molecule has 1 aromatic carbocycles. The summed E-state index contributed by atoms with van der Waals surface area (Å²) in [5.41, 5.74) is 7.59. The van der Waals surface area contributed by atoms with Crippen molar-refractivity contribution in [3.63, 3.8) is 0 Å². The Labute approximate surface area is 110 Å². The Morgan fingerprint density at radius 1 is 1.47 bits per heavy atom. The number of carbonyl (C=O) groups excluding carboxylic acids is 1. The molecule has 2 aromatic rings. The molecule has 0 bridgehead atoms. The van der Waals surface area contributed by atoms with E-state index in [0.717, 1.165) is 11.1 Å². The number of anilines is 1. The summed E-state index contributed by atoms with van der Waals surface area (Å²) >= 11 is 0. The zero-order chi connectivity index (χ0) is 13.8. The van der Waals surface area contributed by atoms with Gasteiger partial charge in [-0.05, 0) is 31.0 Å². The lowest BCUT2D eigenvalue weighted by Crippen LogP contribution is -2.37. The molecule has 0 fully saturated rings. The first kappa shape index (κ1) is 13.1. The highest BCUT2D eigenvalue weighted by molar-refractivity contribution is 5.94. The quantitative estimate of drug-likeness (QED) is 0.656. The summed E-state index contributed by atoms with van der Waals surface area (Å²) in [4.78, 5) is 11.9. The summed E-state index contributed by atoms with van der Waals surface area (Å²) in [6.45, 7) is 1.84. The minimum absolute atomic E-state index is 0.190. The van der Waals surface area contributed by atoms with Crippen molar-refractivity contribution in [1.29, 1.82) is 0 Å². The minimum atomic E-state index is -0.660. The van der Waals surface area contributed by atoms with Gasteiger partial charge in [0.15, 0.2) is 0 Å². The van der Waals surface area contributed by atoms with E-state index in [0.29, 0.717) is 12.2 Å². The van der Waals surface area contributed by atoms with Crippen LogP contribution in [-0.2, 0) is 11.2 Å². The number of rotatable bonds is 4. The van der Waals surface area contributed by atoms with Crippen LogP contribution in [0.1, 0.15) is 11.1 Å². The second-order valence-corrected chi connectivity index (χ2v) is 4.39. The van der Waals surface area contributed by atoms with Gasteiger partial charge in [-0.1, -0.05) is 12.1 Å². The highest BCUT2D eigenvalue weighted by Crippen LogP contribution is 2.12. The third kappa shape index (κ3) is 3.32. The monoisotopic (exact) mass is 260 g/mol. The van der Waals surface area contributed by atoms with E-state index in [2.05, 4.69) is 15.5 Å². The number of carbonyl (C=O) groups is 1. The van der Waals surface area contributed by atoms with Gasteiger partial charge >= 0.3 is 0 Å². The topological polar surface area (TPSA) is 104 Å². The fourth-order valence-corrected chi connectivity index (χ4v) is 1.67. The molecule has 0 aliphatic rings. The maximum atomic E-state index is 11.9. The zero-order valence-corrected chi connectivity index (χ0v) is 10.6. The normalized spacial score (nSPS) is 12.1. The van der Waals surface area contributed by atoms with Crippen LogP contribution in [0, 0.1) is 6.92 Å². The SMILES string of the molecule is Cc1cn[nH]c1NC(=O)[C@@H](N)Cc1ccc(O)cc1. The number of aromatic amines is 1. The largest absolute Gasteiger partial charge is 0.508 e. The second kappa shape index (κ2) is 5.53. The molecule has 1 amide bonds. The number of hydrogen-bond donors (Lipinski definition) is 4. The number of amides is 1. The molecule has 1 atom stereocenters. The molecule has 0 saturated heterocycles. The predicted molar refractivity (Wildman–Crippen MR) is 71.7 cm³/mol. The van der Waals surface area contributed by atoms with Crippen LogP contribution in [-0.4, -0.2) is 27.3 Å². The van der Waals surface area contributed by atoms with E-state index >= 15 is 0 Å². The van der Waals surface area contributed by atoms with E-state index in [1.54, 1.807) is 30.5 Å². The summed E-state index contributed by atoms with van der Waals surface area (Å²) in [6.07, 6.45) is 2.03. The number of H-pyrrole nitrogens is 1. The van der Waals surface area contributed by atoms with Gasteiger partial charge in [0, 0.05) is 5.56 Å². The third-order valence-corrected chi connectivity index (χ3v) is 2.81. The lowest BCUT2D eigenvalue weighted by molar-refractivity contribution is -0.117. The summed E-state index contributed by atoms with van der Waals surface area (Å²) in [7, 11) is 0. The fourth-order valence-electron chi connectivity index (χ4n) is 1.67. The molecule has 1 heterocycles. The van der Waals surface area contributed by atoms with E-state index in [-0.39, 0.29) is 11.7 Å². The van der Waals surface area contributed by atoms with Gasteiger partial charge < -0.3 is 16.2 Å². The van der Waals surface area contributed by atoms with Crippen molar-refractivity contribution in [3.05, 3.63) is 41.6 Å². The van der Waals surface area contributed by atoms with Crippen LogP contribution in [0.3, 0.4) is 0 Å². The van der Waals surface area contributed by atoms with Crippen molar-refractivity contribution in [2.75, 3.05) is 5.32 Å². The van der Waals surface area contributed by atoms with E-state index in [9.17, 15) is 9.90 Å². The number of hydrogen-bond acceptors (Lipinski definition) is 4. The van der Waals surface area contributed by atoms with Crippen molar-refractivity contribution < 1.29 is 9.90 Å². The first-order valence-electron chi connectivity index (χ1n) is 5.90. The van der Waals surface area contributed by atoms with E-state index in [1.165, 1.54) is 0 Å². The number of aromatic nitrogens is 2. The Morgan fingerprint density at radius 3 is 2.74 bits per heavy atom. The molecule has 6 heteroatoms. The molecule has 2 rings (SSSR count). The zero-order valence-electron chi connectivity index (χ0n) is 10.6. The molecule has 0 spiro atoms. The minimum Gasteiger partial charge on any atom is -0.508 e. The molecule has 0 saturated carbocycles. The van der Waals surface area contributed by atoms with Crippen molar-refractivity contribution in [2.45, 2.75) is 19.4 Å². The Bertz CT molecular complexity index is 562. The Hall–Kier alpha value is -2.34. The van der Waals surface area contributed by atoms with Crippen molar-refractivity contribution in [2.24, 2.45) is 5.73 Å². The van der Waals surface area contributed by atoms with Gasteiger partial charge in [-0.3, -0.25) is 9.89 Å². The number of nitrogens with two attached hydrogens (primary N) is 1. The molecule has 0 unspecified atom stereocenters. The van der Waals surface area contributed by atoms with Crippen molar-refractivity contribution in [1.82, 2.24) is 10.2 Å². The van der Waals surface area contributed by atoms with Crippen LogP contribution < -0.4 is 11.1 Å². The van der Waals surface area contributed by atoms with Gasteiger partial charge in [0.25, 0.3) is 0 Å². The Morgan fingerprint density at radius 2 is 2.16 bits per heavy atom. The first-order chi connectivity index (χ1) is 9.06. The summed E-state index contributed by atoms with van der Waals surface area (Å²) in [5, 5.41) is 18.4. The number of nitrogens with one attached hydrogen (secondary N) is 2. The highest BCUT2D eigenvalue weighted by Gasteiger charge is 2.15. The van der Waals surface area contributed by atoms with Crippen molar-refractivity contribution in [3.8, 4) is 5.75 Å². The summed E-state index contributed by atoms with van der Waals surface area (Å²) in [6, 6.07) is 5.96. The Balaban J connectivity index is 1.96. The van der Waals surface area contributed by atoms with Gasteiger partial charge in [-0.15, -0.1) is 0 Å². The van der Waals surface area contributed by atoms with E-state index in [4.69, 9.17) is 5.73 Å². The lowest BCUT2D eigenvalue weighted by atomic mass is 10.1. The van der Waals surface area contributed by atoms with Crippen LogP contribution in [0.25, 0.3) is 0 Å². The number of phenols is 1. The van der Waals surface area contributed by atoms with Gasteiger partial charge in [-0.25, -0.2) is 0 Å². The molecule has 100 valence electrons. The molecule has 5 N–H and O–H groups in total. The smallest absolute Gasteiger partial charge is 0.242 e. The predicted octanol–water partition coefficient (Wildman–Crippen LogP) is 0.932. The number of aromatic hydroxyl groups is 1. The lowest BCUT2D eigenvalue weighted by Gasteiger charge is -2.11. The fraction of sp³-hybridized carbons (Fsp3) is 0.231. The van der Waals surface area contributed by atoms with Gasteiger partial charge in [0.1, 0.15) is 11.6 Å². The Kier molecular flexibility index (Phi) is 3.82.